The normalized spacial score (nSPS) is 13.9. The first-order valence-electron chi connectivity index (χ1n) is 9.90. The van der Waals surface area contributed by atoms with E-state index in [4.69, 9.17) is 27.9 Å². The van der Waals surface area contributed by atoms with Crippen molar-refractivity contribution in [3.63, 3.8) is 0 Å². The Kier molecular flexibility index (Phi) is 6.39. The Hall–Kier alpha value is -1.60. The molecule has 0 saturated carbocycles. The molecule has 1 aliphatic rings. The molecule has 3 aromatic rings. The van der Waals surface area contributed by atoms with Gasteiger partial charge in [-0.2, -0.15) is 0 Å². The maximum atomic E-state index is 13.1. The van der Waals surface area contributed by atoms with Crippen LogP contribution in [0, 0.1) is 0 Å². The standard InChI is InChI=1S/C22H21Cl2NO3S2/c1-11(2)28-22(27)16-12-7-4-3-5-9-14(12)30-21(16)25-20(26)19-18(24)17-13(23)8-6-10-15(17)29-19/h6,8,10-11H,3-5,7,9H2,1-2H3,(H,25,26). The average molecular weight is 482 g/mol. The van der Waals surface area contributed by atoms with Crippen LogP contribution in [0.5, 0.6) is 0 Å². The van der Waals surface area contributed by atoms with E-state index in [9.17, 15) is 9.59 Å². The fourth-order valence-corrected chi connectivity index (χ4v) is 6.82. The molecular formula is C22H21Cl2NO3S2. The predicted molar refractivity (Wildman–Crippen MR) is 126 cm³/mol. The van der Waals surface area contributed by atoms with Crippen molar-refractivity contribution in [2.24, 2.45) is 0 Å². The number of nitrogens with one attached hydrogen (secondary N) is 1. The van der Waals surface area contributed by atoms with Crippen molar-refractivity contribution in [2.45, 2.75) is 52.1 Å². The molecule has 2 aromatic heterocycles. The number of hydrogen-bond donors (Lipinski definition) is 1. The molecule has 1 aliphatic carbocycles. The number of esters is 1. The minimum Gasteiger partial charge on any atom is -0.459 e. The van der Waals surface area contributed by atoms with E-state index < -0.39 is 0 Å². The Morgan fingerprint density at radius 3 is 2.60 bits per heavy atom. The number of fused-ring (bicyclic) bond motifs is 2. The number of amides is 1. The van der Waals surface area contributed by atoms with Gasteiger partial charge in [-0.05, 0) is 57.2 Å². The quantitative estimate of drug-likeness (QED) is 0.312. The van der Waals surface area contributed by atoms with Crippen LogP contribution < -0.4 is 5.32 Å². The van der Waals surface area contributed by atoms with Crippen molar-refractivity contribution in [1.82, 2.24) is 0 Å². The topological polar surface area (TPSA) is 55.4 Å². The molecular weight excluding hydrogens is 461 g/mol. The summed E-state index contributed by atoms with van der Waals surface area (Å²) in [4.78, 5) is 27.5. The highest BCUT2D eigenvalue weighted by Crippen LogP contribution is 2.42. The molecule has 2 heterocycles. The number of aryl methyl sites for hydroxylation is 1. The number of ether oxygens (including phenoxy) is 1. The lowest BCUT2D eigenvalue weighted by molar-refractivity contribution is 0.0378. The van der Waals surface area contributed by atoms with E-state index in [0.717, 1.165) is 47.2 Å². The Labute approximate surface area is 193 Å². The lowest BCUT2D eigenvalue weighted by atomic mass is 10.1. The monoisotopic (exact) mass is 481 g/mol. The van der Waals surface area contributed by atoms with Gasteiger partial charge >= 0.3 is 5.97 Å². The predicted octanol–water partition coefficient (Wildman–Crippen LogP) is 7.36. The number of rotatable bonds is 4. The van der Waals surface area contributed by atoms with Crippen LogP contribution in [0.2, 0.25) is 10.0 Å². The second kappa shape index (κ2) is 8.87. The summed E-state index contributed by atoms with van der Waals surface area (Å²) in [5.41, 5.74) is 1.51. The second-order valence-corrected chi connectivity index (χ2v) is 10.5. The number of halogens is 2. The first-order valence-corrected chi connectivity index (χ1v) is 12.3. The van der Waals surface area contributed by atoms with Gasteiger partial charge < -0.3 is 10.1 Å². The van der Waals surface area contributed by atoms with Crippen LogP contribution in [-0.4, -0.2) is 18.0 Å². The molecule has 1 N–H and O–H groups in total. The summed E-state index contributed by atoms with van der Waals surface area (Å²) < 4.78 is 6.34. The highest BCUT2D eigenvalue weighted by atomic mass is 35.5. The van der Waals surface area contributed by atoms with Crippen molar-refractivity contribution in [3.05, 3.63) is 49.1 Å². The van der Waals surface area contributed by atoms with Crippen molar-refractivity contribution in [3.8, 4) is 0 Å². The minimum atomic E-state index is -0.384. The molecule has 0 unspecified atom stereocenters. The van der Waals surface area contributed by atoms with Crippen LogP contribution in [0.4, 0.5) is 5.00 Å². The number of carbonyl (C=O) groups is 2. The fraction of sp³-hybridized carbons (Fsp3) is 0.364. The smallest absolute Gasteiger partial charge is 0.341 e. The van der Waals surface area contributed by atoms with Gasteiger partial charge in [-0.25, -0.2) is 4.79 Å². The van der Waals surface area contributed by atoms with Gasteiger partial charge in [0.2, 0.25) is 0 Å². The first-order chi connectivity index (χ1) is 14.4. The molecule has 30 heavy (non-hydrogen) atoms. The number of thiophene rings is 2. The third-order valence-electron chi connectivity index (χ3n) is 5.01. The van der Waals surface area contributed by atoms with Gasteiger partial charge in [0.25, 0.3) is 5.91 Å². The summed E-state index contributed by atoms with van der Waals surface area (Å²) in [6.45, 7) is 3.64. The maximum absolute atomic E-state index is 13.1. The zero-order chi connectivity index (χ0) is 21.4. The molecule has 4 rings (SSSR count). The number of carbonyl (C=O) groups excluding carboxylic acids is 2. The first kappa shape index (κ1) is 21.6. The molecule has 4 nitrogen and oxygen atoms in total. The Morgan fingerprint density at radius 1 is 1.10 bits per heavy atom. The SMILES string of the molecule is CC(C)OC(=O)c1c(NC(=O)c2sc3cccc(Cl)c3c2Cl)sc2c1CCCCC2. The molecule has 0 atom stereocenters. The van der Waals surface area contributed by atoms with Gasteiger partial charge in [0.15, 0.2) is 0 Å². The Morgan fingerprint density at radius 2 is 1.87 bits per heavy atom. The highest BCUT2D eigenvalue weighted by Gasteiger charge is 2.28. The average Bonchev–Trinajstić information content (AvgIpc) is 3.10. The van der Waals surface area contributed by atoms with E-state index in [2.05, 4.69) is 5.32 Å². The third kappa shape index (κ3) is 4.11. The minimum absolute atomic E-state index is 0.235. The summed E-state index contributed by atoms with van der Waals surface area (Å²) in [5, 5.41) is 5.01. The van der Waals surface area contributed by atoms with Gasteiger partial charge in [0.1, 0.15) is 9.88 Å². The van der Waals surface area contributed by atoms with Gasteiger partial charge in [-0.15, -0.1) is 22.7 Å². The third-order valence-corrected chi connectivity index (χ3v) is 8.17. The number of benzene rings is 1. The fourth-order valence-electron chi connectivity index (χ4n) is 3.70. The lowest BCUT2D eigenvalue weighted by Crippen LogP contribution is -2.17. The molecule has 0 aliphatic heterocycles. The number of anilines is 1. The van der Waals surface area contributed by atoms with Crippen LogP contribution in [0.15, 0.2) is 18.2 Å². The molecule has 0 radical (unpaired) electrons. The molecule has 1 aromatic carbocycles. The summed E-state index contributed by atoms with van der Waals surface area (Å²) in [7, 11) is 0. The van der Waals surface area contributed by atoms with E-state index in [1.54, 1.807) is 6.07 Å². The maximum Gasteiger partial charge on any atom is 0.341 e. The lowest BCUT2D eigenvalue weighted by Gasteiger charge is -2.11. The Balaban J connectivity index is 1.72. The van der Waals surface area contributed by atoms with Gasteiger partial charge in [0, 0.05) is 15.0 Å². The largest absolute Gasteiger partial charge is 0.459 e. The van der Waals surface area contributed by atoms with Crippen LogP contribution >= 0.6 is 45.9 Å². The van der Waals surface area contributed by atoms with E-state index in [0.29, 0.717) is 30.9 Å². The van der Waals surface area contributed by atoms with Crippen molar-refractivity contribution in [2.75, 3.05) is 5.32 Å². The molecule has 0 spiro atoms. The van der Waals surface area contributed by atoms with Crippen LogP contribution in [0.25, 0.3) is 10.1 Å². The van der Waals surface area contributed by atoms with E-state index in [1.165, 1.54) is 22.7 Å². The van der Waals surface area contributed by atoms with Gasteiger partial charge in [0.05, 0.1) is 21.7 Å². The molecule has 0 saturated heterocycles. The van der Waals surface area contributed by atoms with Crippen molar-refractivity contribution in [1.29, 1.82) is 0 Å². The summed E-state index contributed by atoms with van der Waals surface area (Å²) in [6.07, 6.45) is 4.75. The van der Waals surface area contributed by atoms with Gasteiger partial charge in [-0.1, -0.05) is 35.7 Å². The van der Waals surface area contributed by atoms with Gasteiger partial charge in [-0.3, -0.25) is 4.79 Å². The van der Waals surface area contributed by atoms with E-state index >= 15 is 0 Å². The summed E-state index contributed by atoms with van der Waals surface area (Å²) in [5.74, 6) is -0.725. The molecule has 0 fully saturated rings. The second-order valence-electron chi connectivity index (χ2n) is 7.53. The molecule has 0 bridgehead atoms. The van der Waals surface area contributed by atoms with Crippen LogP contribution in [0.1, 0.15) is 63.6 Å². The summed E-state index contributed by atoms with van der Waals surface area (Å²) >= 11 is 15.5. The zero-order valence-corrected chi connectivity index (χ0v) is 19.8. The van der Waals surface area contributed by atoms with Crippen molar-refractivity contribution >= 4 is 72.8 Å². The van der Waals surface area contributed by atoms with Crippen LogP contribution in [0.3, 0.4) is 0 Å². The summed E-state index contributed by atoms with van der Waals surface area (Å²) in [6, 6.07) is 5.46. The van der Waals surface area contributed by atoms with Crippen LogP contribution in [-0.2, 0) is 17.6 Å². The molecule has 8 heteroatoms. The van der Waals surface area contributed by atoms with E-state index in [-0.39, 0.29) is 18.0 Å². The molecule has 1 amide bonds. The zero-order valence-electron chi connectivity index (χ0n) is 16.6. The van der Waals surface area contributed by atoms with Crippen molar-refractivity contribution < 1.29 is 14.3 Å². The highest BCUT2D eigenvalue weighted by molar-refractivity contribution is 7.22. The van der Waals surface area contributed by atoms with E-state index in [1.807, 2.05) is 26.0 Å². The Bertz CT molecular complexity index is 1130. The molecule has 158 valence electrons. The number of hydrogen-bond acceptors (Lipinski definition) is 5.